The van der Waals surface area contributed by atoms with Crippen molar-refractivity contribution in [3.63, 3.8) is 0 Å². The van der Waals surface area contributed by atoms with Crippen molar-refractivity contribution >= 4 is 17.3 Å². The highest BCUT2D eigenvalue weighted by Crippen LogP contribution is 2.23. The average molecular weight is 227 g/mol. The summed E-state index contributed by atoms with van der Waals surface area (Å²) in [5.74, 6) is 0. The fraction of sp³-hybridized carbons (Fsp3) is 0.500. The zero-order valence-corrected chi connectivity index (χ0v) is 10.4. The van der Waals surface area contributed by atoms with Gasteiger partial charge in [0, 0.05) is 16.2 Å². The first-order chi connectivity index (χ1) is 6.94. The summed E-state index contributed by atoms with van der Waals surface area (Å²) < 4.78 is 0. The first-order valence-electron chi connectivity index (χ1n) is 5.19. The Morgan fingerprint density at radius 1 is 1.40 bits per heavy atom. The van der Waals surface area contributed by atoms with E-state index in [1.807, 2.05) is 25.1 Å². The summed E-state index contributed by atoms with van der Waals surface area (Å²) in [7, 11) is 0. The van der Waals surface area contributed by atoms with E-state index in [1.54, 1.807) is 0 Å². The molecule has 0 aliphatic rings. The van der Waals surface area contributed by atoms with E-state index < -0.39 is 0 Å². The smallest absolute Gasteiger partial charge is 0.0455 e. The van der Waals surface area contributed by atoms with Crippen molar-refractivity contribution in [2.24, 2.45) is 5.73 Å². The minimum Gasteiger partial charge on any atom is -0.380 e. The lowest BCUT2D eigenvalue weighted by atomic mass is 10.0. The molecule has 0 saturated carbocycles. The van der Waals surface area contributed by atoms with Gasteiger partial charge in [-0.15, -0.1) is 0 Å². The van der Waals surface area contributed by atoms with Crippen LogP contribution in [0.15, 0.2) is 18.2 Å². The summed E-state index contributed by atoms with van der Waals surface area (Å²) in [4.78, 5) is 0. The van der Waals surface area contributed by atoms with Crippen LogP contribution >= 0.6 is 11.6 Å². The minimum absolute atomic E-state index is 0.00728. The summed E-state index contributed by atoms with van der Waals surface area (Å²) in [6.07, 6.45) is 0.929. The lowest BCUT2D eigenvalue weighted by Gasteiger charge is -2.27. The summed E-state index contributed by atoms with van der Waals surface area (Å²) in [5, 5.41) is 4.22. The monoisotopic (exact) mass is 226 g/mol. The quantitative estimate of drug-likeness (QED) is 0.828. The molecule has 0 bridgehead atoms. The van der Waals surface area contributed by atoms with Crippen molar-refractivity contribution in [3.8, 4) is 0 Å². The predicted octanol–water partition coefficient (Wildman–Crippen LogP) is 3.19. The SMILES string of the molecule is Cc1ccc(NC(C)(C)CCN)cc1Cl. The molecular formula is C12H19ClN2. The Kier molecular flexibility index (Phi) is 4.00. The number of nitrogens with two attached hydrogens (primary N) is 1. The van der Waals surface area contributed by atoms with Crippen LogP contribution in [0.1, 0.15) is 25.8 Å². The summed E-state index contributed by atoms with van der Waals surface area (Å²) in [5.41, 5.74) is 7.71. The van der Waals surface area contributed by atoms with E-state index in [0.717, 1.165) is 22.7 Å². The number of nitrogens with one attached hydrogen (secondary N) is 1. The van der Waals surface area contributed by atoms with Crippen LogP contribution in [0.25, 0.3) is 0 Å². The molecule has 1 aromatic carbocycles. The van der Waals surface area contributed by atoms with E-state index in [-0.39, 0.29) is 5.54 Å². The number of benzene rings is 1. The number of anilines is 1. The van der Waals surface area contributed by atoms with Crippen LogP contribution in [-0.4, -0.2) is 12.1 Å². The van der Waals surface area contributed by atoms with Crippen molar-refractivity contribution in [2.45, 2.75) is 32.7 Å². The van der Waals surface area contributed by atoms with Crippen LogP contribution in [-0.2, 0) is 0 Å². The number of halogens is 1. The molecule has 0 aromatic heterocycles. The van der Waals surface area contributed by atoms with Crippen molar-refractivity contribution in [1.29, 1.82) is 0 Å². The van der Waals surface area contributed by atoms with E-state index in [0.29, 0.717) is 6.54 Å². The second-order valence-electron chi connectivity index (χ2n) is 4.51. The molecule has 0 aliphatic carbocycles. The van der Waals surface area contributed by atoms with Gasteiger partial charge < -0.3 is 11.1 Å². The molecule has 1 rings (SSSR count). The Balaban J connectivity index is 2.76. The zero-order valence-electron chi connectivity index (χ0n) is 9.60. The Morgan fingerprint density at radius 2 is 2.07 bits per heavy atom. The standard InChI is InChI=1S/C12H19ClN2/c1-9-4-5-10(8-11(9)13)15-12(2,3)6-7-14/h4-5,8,15H,6-7,14H2,1-3H3. The van der Waals surface area contributed by atoms with Crippen LogP contribution < -0.4 is 11.1 Å². The van der Waals surface area contributed by atoms with Gasteiger partial charge in [-0.25, -0.2) is 0 Å². The molecule has 0 spiro atoms. The Bertz CT molecular complexity index is 334. The molecule has 0 aliphatic heterocycles. The molecule has 0 unspecified atom stereocenters. The molecule has 0 saturated heterocycles. The number of hydrogen-bond donors (Lipinski definition) is 2. The molecule has 0 amide bonds. The van der Waals surface area contributed by atoms with Crippen molar-refractivity contribution in [3.05, 3.63) is 28.8 Å². The van der Waals surface area contributed by atoms with E-state index >= 15 is 0 Å². The third kappa shape index (κ3) is 3.73. The Hall–Kier alpha value is -0.730. The number of hydrogen-bond acceptors (Lipinski definition) is 2. The maximum absolute atomic E-state index is 6.06. The predicted molar refractivity (Wildman–Crippen MR) is 67.6 cm³/mol. The van der Waals surface area contributed by atoms with Gasteiger partial charge >= 0.3 is 0 Å². The van der Waals surface area contributed by atoms with Gasteiger partial charge in [-0.2, -0.15) is 0 Å². The average Bonchev–Trinajstić information content (AvgIpc) is 2.10. The topological polar surface area (TPSA) is 38.0 Å². The molecular weight excluding hydrogens is 208 g/mol. The van der Waals surface area contributed by atoms with Gasteiger partial charge in [0.1, 0.15) is 0 Å². The van der Waals surface area contributed by atoms with Gasteiger partial charge in [-0.1, -0.05) is 17.7 Å². The van der Waals surface area contributed by atoms with Crippen LogP contribution in [0.3, 0.4) is 0 Å². The zero-order chi connectivity index (χ0) is 11.5. The maximum atomic E-state index is 6.06. The molecule has 0 heterocycles. The van der Waals surface area contributed by atoms with Gasteiger partial charge in [0.25, 0.3) is 0 Å². The molecule has 84 valence electrons. The third-order valence-corrected chi connectivity index (χ3v) is 2.83. The summed E-state index contributed by atoms with van der Waals surface area (Å²) in [6, 6.07) is 6.01. The van der Waals surface area contributed by atoms with E-state index in [9.17, 15) is 0 Å². The van der Waals surface area contributed by atoms with Crippen LogP contribution in [0.2, 0.25) is 5.02 Å². The highest BCUT2D eigenvalue weighted by Gasteiger charge is 2.16. The maximum Gasteiger partial charge on any atom is 0.0455 e. The molecule has 0 radical (unpaired) electrons. The molecule has 3 N–H and O–H groups in total. The summed E-state index contributed by atoms with van der Waals surface area (Å²) in [6.45, 7) is 6.94. The van der Waals surface area contributed by atoms with Crippen molar-refractivity contribution in [1.82, 2.24) is 0 Å². The number of rotatable bonds is 4. The lowest BCUT2D eigenvalue weighted by Crippen LogP contribution is -2.33. The normalized spacial score (nSPS) is 11.5. The number of aryl methyl sites for hydroxylation is 1. The molecule has 3 heteroatoms. The molecule has 2 nitrogen and oxygen atoms in total. The van der Waals surface area contributed by atoms with Crippen LogP contribution in [0.4, 0.5) is 5.69 Å². The van der Waals surface area contributed by atoms with Gasteiger partial charge in [-0.3, -0.25) is 0 Å². The van der Waals surface area contributed by atoms with Crippen LogP contribution in [0.5, 0.6) is 0 Å². The molecule has 1 aromatic rings. The van der Waals surface area contributed by atoms with Gasteiger partial charge in [-0.05, 0) is 51.4 Å². The van der Waals surface area contributed by atoms with Gasteiger partial charge in [0.15, 0.2) is 0 Å². The van der Waals surface area contributed by atoms with Crippen molar-refractivity contribution in [2.75, 3.05) is 11.9 Å². The summed E-state index contributed by atoms with van der Waals surface area (Å²) >= 11 is 6.06. The third-order valence-electron chi connectivity index (χ3n) is 2.42. The highest BCUT2D eigenvalue weighted by molar-refractivity contribution is 6.31. The minimum atomic E-state index is 0.00728. The Morgan fingerprint density at radius 3 is 2.60 bits per heavy atom. The van der Waals surface area contributed by atoms with Crippen molar-refractivity contribution < 1.29 is 0 Å². The Labute approximate surface area is 96.8 Å². The second-order valence-corrected chi connectivity index (χ2v) is 4.92. The largest absolute Gasteiger partial charge is 0.380 e. The molecule has 0 atom stereocenters. The molecule has 15 heavy (non-hydrogen) atoms. The van der Waals surface area contributed by atoms with Gasteiger partial charge in [0.2, 0.25) is 0 Å². The fourth-order valence-electron chi connectivity index (χ4n) is 1.48. The van der Waals surface area contributed by atoms with E-state index in [4.69, 9.17) is 17.3 Å². The van der Waals surface area contributed by atoms with Gasteiger partial charge in [0.05, 0.1) is 0 Å². The fourth-order valence-corrected chi connectivity index (χ4v) is 1.67. The highest BCUT2D eigenvalue weighted by atomic mass is 35.5. The lowest BCUT2D eigenvalue weighted by molar-refractivity contribution is 0.526. The second kappa shape index (κ2) is 4.86. The van der Waals surface area contributed by atoms with Crippen LogP contribution in [0, 0.1) is 6.92 Å². The first kappa shape index (κ1) is 12.3. The van der Waals surface area contributed by atoms with E-state index in [1.165, 1.54) is 0 Å². The molecule has 0 fully saturated rings. The first-order valence-corrected chi connectivity index (χ1v) is 5.57. The van der Waals surface area contributed by atoms with E-state index in [2.05, 4.69) is 19.2 Å².